The molecule has 0 saturated carbocycles. The molecule has 0 spiro atoms. The van der Waals surface area contributed by atoms with Gasteiger partial charge in [0.05, 0.1) is 12.9 Å². The molecule has 21 heavy (non-hydrogen) atoms. The topological polar surface area (TPSA) is 72.5 Å². The number of hydrogen-bond donors (Lipinski definition) is 1. The molecule has 0 fully saturated rings. The second-order valence-corrected chi connectivity index (χ2v) is 7.10. The van der Waals surface area contributed by atoms with Crippen molar-refractivity contribution in [3.63, 3.8) is 0 Å². The number of esters is 1. The lowest BCUT2D eigenvalue weighted by Gasteiger charge is -2.20. The predicted octanol–water partition coefficient (Wildman–Crippen LogP) is 1.62. The molecule has 0 amide bonds. The first-order chi connectivity index (χ1) is 9.89. The number of methoxy groups -OCH3 is 1. The van der Waals surface area contributed by atoms with Gasteiger partial charge in [0, 0.05) is 6.04 Å². The number of sulfone groups is 1. The van der Waals surface area contributed by atoms with Gasteiger partial charge in [0.15, 0.2) is 9.84 Å². The zero-order valence-electron chi connectivity index (χ0n) is 12.8. The Morgan fingerprint density at radius 3 is 2.57 bits per heavy atom. The second-order valence-electron chi connectivity index (χ2n) is 4.99. The largest absolute Gasteiger partial charge is 0.468 e. The minimum atomic E-state index is -3.52. The lowest BCUT2D eigenvalue weighted by Crippen LogP contribution is -2.32. The van der Waals surface area contributed by atoms with Crippen LogP contribution in [0.4, 0.5) is 0 Å². The van der Waals surface area contributed by atoms with Gasteiger partial charge in [-0.05, 0) is 31.0 Å². The number of carbonyl (C=O) groups is 1. The summed E-state index contributed by atoms with van der Waals surface area (Å²) in [7, 11) is -2.34. The van der Waals surface area contributed by atoms with Crippen LogP contribution in [0.1, 0.15) is 30.5 Å². The molecule has 0 bridgehead atoms. The molecule has 0 heterocycles. The fourth-order valence-electron chi connectivity index (χ4n) is 2.11. The van der Waals surface area contributed by atoms with Crippen molar-refractivity contribution in [3.8, 4) is 0 Å². The highest BCUT2D eigenvalue weighted by molar-refractivity contribution is 7.92. The highest BCUT2D eigenvalue weighted by Crippen LogP contribution is 2.19. The lowest BCUT2D eigenvalue weighted by atomic mass is 10.0. The Morgan fingerprint density at radius 2 is 2.00 bits per heavy atom. The quantitative estimate of drug-likeness (QED) is 0.738. The van der Waals surface area contributed by atoms with E-state index in [9.17, 15) is 13.2 Å². The Hall–Kier alpha value is -1.40. The van der Waals surface area contributed by atoms with Crippen LogP contribution < -0.4 is 5.32 Å². The standard InChI is InChI=1S/C15H23NO4S/c1-4-9-16-14(13-8-6-5-7-12(13)2)10-21(18,19)11-15(17)20-3/h5-8,14,16H,4,9-11H2,1-3H3. The molecule has 0 radical (unpaired) electrons. The van der Waals surface area contributed by atoms with E-state index in [0.29, 0.717) is 6.54 Å². The van der Waals surface area contributed by atoms with Gasteiger partial charge in [-0.15, -0.1) is 0 Å². The van der Waals surface area contributed by atoms with Crippen LogP contribution in [0.15, 0.2) is 24.3 Å². The predicted molar refractivity (Wildman–Crippen MR) is 82.9 cm³/mol. The molecule has 0 saturated heterocycles. The van der Waals surface area contributed by atoms with Crippen molar-refractivity contribution in [2.45, 2.75) is 26.3 Å². The first-order valence-corrected chi connectivity index (χ1v) is 8.78. The van der Waals surface area contributed by atoms with Crippen LogP contribution in [0.3, 0.4) is 0 Å². The fraction of sp³-hybridized carbons (Fsp3) is 0.533. The van der Waals surface area contributed by atoms with Crippen molar-refractivity contribution in [2.75, 3.05) is 25.2 Å². The van der Waals surface area contributed by atoms with Gasteiger partial charge in [-0.3, -0.25) is 4.79 Å². The number of hydrogen-bond acceptors (Lipinski definition) is 5. The van der Waals surface area contributed by atoms with Crippen LogP contribution in [0.5, 0.6) is 0 Å². The third kappa shape index (κ3) is 5.85. The van der Waals surface area contributed by atoms with Gasteiger partial charge in [-0.25, -0.2) is 8.42 Å². The maximum Gasteiger partial charge on any atom is 0.320 e. The SMILES string of the molecule is CCCNC(CS(=O)(=O)CC(=O)OC)c1ccccc1C. The molecule has 1 aromatic carbocycles. The van der Waals surface area contributed by atoms with E-state index in [0.717, 1.165) is 17.5 Å². The van der Waals surface area contributed by atoms with Gasteiger partial charge in [-0.1, -0.05) is 31.2 Å². The van der Waals surface area contributed by atoms with E-state index in [1.54, 1.807) is 0 Å². The van der Waals surface area contributed by atoms with Crippen LogP contribution in [-0.2, 0) is 19.4 Å². The van der Waals surface area contributed by atoms with Crippen LogP contribution in [0.2, 0.25) is 0 Å². The van der Waals surface area contributed by atoms with Gasteiger partial charge < -0.3 is 10.1 Å². The zero-order valence-corrected chi connectivity index (χ0v) is 13.6. The van der Waals surface area contributed by atoms with Crippen molar-refractivity contribution in [2.24, 2.45) is 0 Å². The smallest absolute Gasteiger partial charge is 0.320 e. The lowest BCUT2D eigenvalue weighted by molar-refractivity contribution is -0.137. The van der Waals surface area contributed by atoms with Gasteiger partial charge in [0.1, 0.15) is 5.75 Å². The Morgan fingerprint density at radius 1 is 1.33 bits per heavy atom. The summed E-state index contributed by atoms with van der Waals surface area (Å²) in [4.78, 5) is 11.2. The monoisotopic (exact) mass is 313 g/mol. The molecule has 0 aromatic heterocycles. The van der Waals surface area contributed by atoms with E-state index in [4.69, 9.17) is 0 Å². The molecule has 0 aliphatic heterocycles. The molecule has 5 nitrogen and oxygen atoms in total. The summed E-state index contributed by atoms with van der Waals surface area (Å²) in [6.45, 7) is 4.68. The van der Waals surface area contributed by atoms with E-state index in [-0.39, 0.29) is 11.8 Å². The third-order valence-corrected chi connectivity index (χ3v) is 4.71. The summed E-state index contributed by atoms with van der Waals surface area (Å²) in [5, 5.41) is 3.24. The van der Waals surface area contributed by atoms with Gasteiger partial charge in [-0.2, -0.15) is 0 Å². The molecule has 118 valence electrons. The van der Waals surface area contributed by atoms with E-state index in [2.05, 4.69) is 10.1 Å². The maximum absolute atomic E-state index is 12.1. The summed E-state index contributed by atoms with van der Waals surface area (Å²) in [5.74, 6) is -1.43. The van der Waals surface area contributed by atoms with E-state index < -0.39 is 21.6 Å². The fourth-order valence-corrected chi connectivity index (χ4v) is 3.51. The van der Waals surface area contributed by atoms with Crippen LogP contribution in [-0.4, -0.2) is 39.5 Å². The Balaban J connectivity index is 2.94. The van der Waals surface area contributed by atoms with Gasteiger partial charge in [0.25, 0.3) is 0 Å². The second kappa shape index (κ2) is 8.14. The van der Waals surface area contributed by atoms with Crippen LogP contribution >= 0.6 is 0 Å². The first-order valence-electron chi connectivity index (χ1n) is 6.95. The molecule has 1 unspecified atom stereocenters. The Bertz CT molecular complexity index is 569. The normalized spacial score (nSPS) is 12.9. The van der Waals surface area contributed by atoms with Crippen molar-refractivity contribution >= 4 is 15.8 Å². The molecular formula is C15H23NO4S. The molecule has 1 rings (SSSR count). The van der Waals surface area contributed by atoms with E-state index in [1.807, 2.05) is 38.1 Å². The number of ether oxygens (including phenoxy) is 1. The van der Waals surface area contributed by atoms with Crippen molar-refractivity contribution in [1.82, 2.24) is 5.32 Å². The first kappa shape index (κ1) is 17.7. The van der Waals surface area contributed by atoms with Crippen LogP contribution in [0, 0.1) is 6.92 Å². The average molecular weight is 313 g/mol. The molecule has 1 N–H and O–H groups in total. The minimum Gasteiger partial charge on any atom is -0.468 e. The van der Waals surface area contributed by atoms with Crippen molar-refractivity contribution in [1.29, 1.82) is 0 Å². The van der Waals surface area contributed by atoms with Crippen molar-refractivity contribution < 1.29 is 17.9 Å². The highest BCUT2D eigenvalue weighted by Gasteiger charge is 2.24. The third-order valence-electron chi connectivity index (χ3n) is 3.19. The Labute approximate surface area is 126 Å². The summed E-state index contributed by atoms with van der Waals surface area (Å²) in [5.41, 5.74) is 1.97. The minimum absolute atomic E-state index is 0.118. The summed E-state index contributed by atoms with van der Waals surface area (Å²) in [6, 6.07) is 7.34. The summed E-state index contributed by atoms with van der Waals surface area (Å²) in [6.07, 6.45) is 0.902. The van der Waals surface area contributed by atoms with E-state index in [1.165, 1.54) is 7.11 Å². The number of aryl methyl sites for hydroxylation is 1. The summed E-state index contributed by atoms with van der Waals surface area (Å²) < 4.78 is 28.7. The Kier molecular flexibility index (Phi) is 6.84. The van der Waals surface area contributed by atoms with Gasteiger partial charge in [0.2, 0.25) is 0 Å². The van der Waals surface area contributed by atoms with Crippen molar-refractivity contribution in [3.05, 3.63) is 35.4 Å². The molecule has 0 aliphatic carbocycles. The molecule has 1 aromatic rings. The number of carbonyl (C=O) groups excluding carboxylic acids is 1. The zero-order chi connectivity index (χ0) is 15.9. The molecule has 0 aliphatic rings. The number of benzene rings is 1. The molecule has 6 heteroatoms. The average Bonchev–Trinajstić information content (AvgIpc) is 2.43. The molecular weight excluding hydrogens is 290 g/mol. The van der Waals surface area contributed by atoms with Crippen LogP contribution in [0.25, 0.3) is 0 Å². The highest BCUT2D eigenvalue weighted by atomic mass is 32.2. The molecule has 1 atom stereocenters. The maximum atomic E-state index is 12.1. The number of nitrogens with one attached hydrogen (secondary N) is 1. The van der Waals surface area contributed by atoms with Gasteiger partial charge >= 0.3 is 5.97 Å². The summed E-state index contributed by atoms with van der Waals surface area (Å²) >= 11 is 0. The number of rotatable bonds is 8. The van der Waals surface area contributed by atoms with E-state index >= 15 is 0 Å².